The molecule has 4 aromatic rings. The summed E-state index contributed by atoms with van der Waals surface area (Å²) in [5.41, 5.74) is 1.46. The number of hydrogen-bond acceptors (Lipinski definition) is 4. The molecule has 0 spiro atoms. The number of nitrogens with one attached hydrogen (secondary N) is 1. The van der Waals surface area contributed by atoms with Gasteiger partial charge < -0.3 is 10.2 Å². The van der Waals surface area contributed by atoms with Gasteiger partial charge in [-0.25, -0.2) is 8.42 Å². The van der Waals surface area contributed by atoms with Crippen LogP contribution in [0.25, 0.3) is 0 Å². The minimum atomic E-state index is -4.27. The third-order valence-electron chi connectivity index (χ3n) is 6.78. The van der Waals surface area contributed by atoms with Crippen molar-refractivity contribution < 1.29 is 18.0 Å². The molecule has 12 heteroatoms. The van der Waals surface area contributed by atoms with Gasteiger partial charge in [0.2, 0.25) is 11.8 Å². The van der Waals surface area contributed by atoms with Crippen molar-refractivity contribution in [1.29, 1.82) is 0 Å². The average molecular weight is 693 g/mol. The number of carbonyl (C=O) groups is 2. The lowest BCUT2D eigenvalue weighted by Crippen LogP contribution is -2.53. The van der Waals surface area contributed by atoms with Crippen molar-refractivity contribution in [3.8, 4) is 0 Å². The molecule has 0 aliphatic carbocycles. The van der Waals surface area contributed by atoms with Gasteiger partial charge in [0.15, 0.2) is 0 Å². The SMILES string of the molecule is CCNC(=O)[C@H](Cc1ccccc1)N(Cc1ccc(Cl)cc1Cl)C(=O)CN(c1ccc(Cl)c(Cl)c1)S(=O)(=O)c1ccccc1. The van der Waals surface area contributed by atoms with Crippen LogP contribution in [0.5, 0.6) is 0 Å². The number of nitrogens with zero attached hydrogens (tertiary/aromatic N) is 2. The lowest BCUT2D eigenvalue weighted by molar-refractivity contribution is -0.140. The normalized spacial score (nSPS) is 11.9. The lowest BCUT2D eigenvalue weighted by Gasteiger charge is -2.34. The predicted molar refractivity (Wildman–Crippen MR) is 177 cm³/mol. The molecule has 0 saturated carbocycles. The molecule has 4 aromatic carbocycles. The zero-order valence-corrected chi connectivity index (χ0v) is 27.4. The van der Waals surface area contributed by atoms with E-state index >= 15 is 0 Å². The monoisotopic (exact) mass is 691 g/mol. The van der Waals surface area contributed by atoms with Crippen molar-refractivity contribution in [2.24, 2.45) is 0 Å². The zero-order chi connectivity index (χ0) is 31.9. The number of sulfonamides is 1. The molecule has 0 radical (unpaired) electrons. The van der Waals surface area contributed by atoms with Gasteiger partial charge in [0.25, 0.3) is 10.0 Å². The topological polar surface area (TPSA) is 86.8 Å². The number of halogens is 4. The Kier molecular flexibility index (Phi) is 11.6. The number of anilines is 1. The Morgan fingerprint density at radius 2 is 1.45 bits per heavy atom. The summed E-state index contributed by atoms with van der Waals surface area (Å²) in [6.45, 7) is 1.36. The summed E-state index contributed by atoms with van der Waals surface area (Å²) in [4.78, 5) is 29.3. The number of carbonyl (C=O) groups excluding carboxylic acids is 2. The fourth-order valence-corrected chi connectivity index (χ4v) is 6.76. The van der Waals surface area contributed by atoms with Gasteiger partial charge in [-0.05, 0) is 60.5 Å². The van der Waals surface area contributed by atoms with E-state index in [1.165, 1.54) is 35.2 Å². The first-order valence-electron chi connectivity index (χ1n) is 13.6. The number of likely N-dealkylation sites (N-methyl/N-ethyl adjacent to an activating group) is 1. The van der Waals surface area contributed by atoms with Gasteiger partial charge in [-0.2, -0.15) is 0 Å². The quantitative estimate of drug-likeness (QED) is 0.169. The molecule has 1 N–H and O–H groups in total. The minimum absolute atomic E-state index is 0.0317. The van der Waals surface area contributed by atoms with Crippen LogP contribution in [-0.2, 0) is 32.6 Å². The molecule has 0 aromatic heterocycles. The second kappa shape index (κ2) is 15.1. The average Bonchev–Trinajstić information content (AvgIpc) is 3.01. The van der Waals surface area contributed by atoms with Crippen molar-refractivity contribution >= 4 is 73.9 Å². The summed E-state index contributed by atoms with van der Waals surface area (Å²) in [5, 5.41) is 3.84. The molecule has 0 heterocycles. The molecule has 2 amide bonds. The summed E-state index contributed by atoms with van der Waals surface area (Å²) in [5.74, 6) is -1.05. The van der Waals surface area contributed by atoms with Gasteiger partial charge in [0.1, 0.15) is 12.6 Å². The Balaban J connectivity index is 1.82. The van der Waals surface area contributed by atoms with E-state index in [0.717, 1.165) is 9.87 Å². The highest BCUT2D eigenvalue weighted by Gasteiger charge is 2.35. The van der Waals surface area contributed by atoms with Gasteiger partial charge in [-0.1, -0.05) is 101 Å². The Morgan fingerprint density at radius 1 is 0.795 bits per heavy atom. The van der Waals surface area contributed by atoms with Crippen molar-refractivity contribution in [3.05, 3.63) is 128 Å². The first-order chi connectivity index (χ1) is 21.0. The van der Waals surface area contributed by atoms with Gasteiger partial charge in [0, 0.05) is 29.6 Å². The summed E-state index contributed by atoms with van der Waals surface area (Å²) >= 11 is 25.0. The van der Waals surface area contributed by atoms with E-state index < -0.39 is 34.4 Å². The van der Waals surface area contributed by atoms with Crippen LogP contribution in [0.2, 0.25) is 20.1 Å². The Labute approximate surface area is 277 Å². The molecular weight excluding hydrogens is 664 g/mol. The smallest absolute Gasteiger partial charge is 0.264 e. The first kappa shape index (κ1) is 33.6. The fourth-order valence-electron chi connectivity index (χ4n) is 4.57. The lowest BCUT2D eigenvalue weighted by atomic mass is 10.0. The Hall–Kier alpha value is -3.27. The third kappa shape index (κ3) is 8.25. The molecule has 0 bridgehead atoms. The molecule has 1 atom stereocenters. The van der Waals surface area contributed by atoms with E-state index in [1.54, 1.807) is 43.3 Å². The van der Waals surface area contributed by atoms with Crippen LogP contribution in [-0.4, -0.2) is 44.3 Å². The van der Waals surface area contributed by atoms with Gasteiger partial charge >= 0.3 is 0 Å². The molecule has 0 aliphatic heterocycles. The number of benzene rings is 4. The van der Waals surface area contributed by atoms with E-state index in [2.05, 4.69) is 5.32 Å². The van der Waals surface area contributed by atoms with Crippen molar-refractivity contribution in [2.45, 2.75) is 30.8 Å². The van der Waals surface area contributed by atoms with Crippen LogP contribution in [0, 0.1) is 0 Å². The Morgan fingerprint density at radius 3 is 2.07 bits per heavy atom. The standard InChI is InChI=1S/C32H29Cl4N3O4S/c1-2-37-32(41)30(17-22-9-5-3-6-10-22)38(20-23-13-14-24(33)18-28(23)35)31(40)21-39(25-15-16-27(34)29(36)19-25)44(42,43)26-11-7-4-8-12-26/h3-16,18-19,30H,2,17,20-21H2,1H3,(H,37,41)/t30-/m0/s1. The number of hydrogen-bond donors (Lipinski definition) is 1. The largest absolute Gasteiger partial charge is 0.355 e. The van der Waals surface area contributed by atoms with E-state index in [9.17, 15) is 18.0 Å². The number of amides is 2. The molecule has 4 rings (SSSR count). The molecule has 0 fully saturated rings. The molecule has 7 nitrogen and oxygen atoms in total. The maximum absolute atomic E-state index is 14.4. The molecule has 0 saturated heterocycles. The zero-order valence-electron chi connectivity index (χ0n) is 23.6. The van der Waals surface area contributed by atoms with E-state index in [-0.39, 0.29) is 33.6 Å². The predicted octanol–water partition coefficient (Wildman–Crippen LogP) is 7.27. The minimum Gasteiger partial charge on any atom is -0.355 e. The van der Waals surface area contributed by atoms with Crippen molar-refractivity contribution in [1.82, 2.24) is 10.2 Å². The van der Waals surface area contributed by atoms with E-state index in [1.807, 2.05) is 30.3 Å². The van der Waals surface area contributed by atoms with Crippen LogP contribution in [0.4, 0.5) is 5.69 Å². The number of rotatable bonds is 12. The molecular formula is C32H29Cl4N3O4S. The van der Waals surface area contributed by atoms with Crippen LogP contribution in [0.1, 0.15) is 18.1 Å². The fraction of sp³-hybridized carbons (Fsp3) is 0.188. The molecule has 0 unspecified atom stereocenters. The summed E-state index contributed by atoms with van der Waals surface area (Å²) in [6, 6.07) is 25.1. The molecule has 0 aliphatic rings. The maximum atomic E-state index is 14.4. The van der Waals surface area contributed by atoms with E-state index in [4.69, 9.17) is 46.4 Å². The van der Waals surface area contributed by atoms with Gasteiger partial charge in [0.05, 0.1) is 20.6 Å². The van der Waals surface area contributed by atoms with Crippen LogP contribution in [0.3, 0.4) is 0 Å². The van der Waals surface area contributed by atoms with Crippen LogP contribution in [0.15, 0.2) is 102 Å². The molecule has 230 valence electrons. The highest BCUT2D eigenvalue weighted by molar-refractivity contribution is 7.92. The van der Waals surface area contributed by atoms with Crippen molar-refractivity contribution in [3.63, 3.8) is 0 Å². The highest BCUT2D eigenvalue weighted by atomic mass is 35.5. The highest BCUT2D eigenvalue weighted by Crippen LogP contribution is 2.31. The summed E-state index contributed by atoms with van der Waals surface area (Å²) in [7, 11) is -4.27. The maximum Gasteiger partial charge on any atom is 0.264 e. The van der Waals surface area contributed by atoms with Crippen LogP contribution >= 0.6 is 46.4 Å². The van der Waals surface area contributed by atoms with Gasteiger partial charge in [-0.3, -0.25) is 13.9 Å². The second-order valence-corrected chi connectivity index (χ2v) is 13.3. The van der Waals surface area contributed by atoms with E-state index in [0.29, 0.717) is 22.2 Å². The molecule has 44 heavy (non-hydrogen) atoms. The third-order valence-corrected chi connectivity index (χ3v) is 9.89. The van der Waals surface area contributed by atoms with Gasteiger partial charge in [-0.15, -0.1) is 0 Å². The first-order valence-corrected chi connectivity index (χ1v) is 16.5. The summed E-state index contributed by atoms with van der Waals surface area (Å²) in [6.07, 6.45) is 0.168. The Bertz CT molecular complexity index is 1720. The van der Waals surface area contributed by atoms with Crippen LogP contribution < -0.4 is 9.62 Å². The summed E-state index contributed by atoms with van der Waals surface area (Å²) < 4.78 is 29.0. The second-order valence-electron chi connectivity index (χ2n) is 9.78. The van der Waals surface area contributed by atoms with Crippen molar-refractivity contribution in [2.75, 3.05) is 17.4 Å².